The Bertz CT molecular complexity index is 678. The lowest BCUT2D eigenvalue weighted by molar-refractivity contribution is 0.0925. The molecule has 2 aromatic rings. The van der Waals surface area contributed by atoms with Crippen LogP contribution in [0.2, 0.25) is 5.02 Å². The lowest BCUT2D eigenvalue weighted by Crippen LogP contribution is -2.41. The quantitative estimate of drug-likeness (QED) is 0.905. The third kappa shape index (κ3) is 3.42. The minimum atomic E-state index is 0.0183. The van der Waals surface area contributed by atoms with Crippen LogP contribution in [0.4, 0.5) is 0 Å². The number of carbonyl (C=O) groups is 1. The van der Waals surface area contributed by atoms with Gasteiger partial charge in [-0.1, -0.05) is 23.7 Å². The van der Waals surface area contributed by atoms with E-state index in [1.165, 1.54) is 0 Å². The molecule has 0 saturated heterocycles. The highest BCUT2D eigenvalue weighted by Crippen LogP contribution is 2.22. The van der Waals surface area contributed by atoms with Crippen LogP contribution in [0.15, 0.2) is 36.4 Å². The maximum absolute atomic E-state index is 12.4. The first kappa shape index (κ1) is 15.3. The molecule has 116 valence electrons. The number of fused-ring (bicyclic) bond motifs is 1. The standard InChI is InChI=1S/C18H21ClN2O/c1-20-16-6-8-17(9-7-16)21-18(22)14-3-2-13-11-15(19)5-4-12(13)10-14/h2-5,10-11,16-17,20H,6-9H2,1H3,(H,21,22). The molecule has 1 amide bonds. The Balaban J connectivity index is 1.68. The first-order valence-electron chi connectivity index (χ1n) is 7.83. The second-order valence-electron chi connectivity index (χ2n) is 6.02. The molecule has 3 nitrogen and oxygen atoms in total. The number of benzene rings is 2. The molecule has 0 aromatic heterocycles. The number of amides is 1. The number of hydrogen-bond donors (Lipinski definition) is 2. The van der Waals surface area contributed by atoms with Gasteiger partial charge >= 0.3 is 0 Å². The van der Waals surface area contributed by atoms with Gasteiger partial charge in [0, 0.05) is 22.7 Å². The summed E-state index contributed by atoms with van der Waals surface area (Å²) >= 11 is 5.99. The third-order valence-electron chi connectivity index (χ3n) is 4.54. The molecule has 0 unspecified atom stereocenters. The van der Waals surface area contributed by atoms with Gasteiger partial charge < -0.3 is 10.6 Å². The van der Waals surface area contributed by atoms with E-state index in [4.69, 9.17) is 11.6 Å². The summed E-state index contributed by atoms with van der Waals surface area (Å²) in [4.78, 5) is 12.4. The van der Waals surface area contributed by atoms with Gasteiger partial charge in [0.1, 0.15) is 0 Å². The molecule has 2 N–H and O–H groups in total. The van der Waals surface area contributed by atoms with Gasteiger partial charge in [-0.05, 0) is 67.8 Å². The number of rotatable bonds is 3. The highest BCUT2D eigenvalue weighted by atomic mass is 35.5. The normalized spacial score (nSPS) is 21.7. The fraction of sp³-hybridized carbons (Fsp3) is 0.389. The number of hydrogen-bond acceptors (Lipinski definition) is 2. The topological polar surface area (TPSA) is 41.1 Å². The Kier molecular flexibility index (Phi) is 4.65. The smallest absolute Gasteiger partial charge is 0.251 e. The average Bonchev–Trinajstić information content (AvgIpc) is 2.55. The van der Waals surface area contributed by atoms with Crippen LogP contribution in [-0.4, -0.2) is 25.0 Å². The van der Waals surface area contributed by atoms with Crippen molar-refractivity contribution < 1.29 is 4.79 Å². The third-order valence-corrected chi connectivity index (χ3v) is 4.77. The van der Waals surface area contributed by atoms with E-state index in [-0.39, 0.29) is 11.9 Å². The maximum atomic E-state index is 12.4. The van der Waals surface area contributed by atoms with Gasteiger partial charge in [0.25, 0.3) is 5.91 Å². The van der Waals surface area contributed by atoms with E-state index in [1.807, 2.05) is 43.4 Å². The predicted octanol–water partition coefficient (Wildman–Crippen LogP) is 3.75. The van der Waals surface area contributed by atoms with Crippen LogP contribution < -0.4 is 10.6 Å². The molecule has 0 radical (unpaired) electrons. The summed E-state index contributed by atoms with van der Waals surface area (Å²) in [5.41, 5.74) is 0.713. The van der Waals surface area contributed by atoms with Crippen molar-refractivity contribution >= 4 is 28.3 Å². The molecule has 22 heavy (non-hydrogen) atoms. The van der Waals surface area contributed by atoms with Gasteiger partial charge in [-0.3, -0.25) is 4.79 Å². The van der Waals surface area contributed by atoms with E-state index in [2.05, 4.69) is 10.6 Å². The number of carbonyl (C=O) groups excluding carboxylic acids is 1. The van der Waals surface area contributed by atoms with E-state index >= 15 is 0 Å². The van der Waals surface area contributed by atoms with Crippen molar-refractivity contribution in [3.8, 4) is 0 Å². The van der Waals surface area contributed by atoms with E-state index in [9.17, 15) is 4.79 Å². The maximum Gasteiger partial charge on any atom is 0.251 e. The molecule has 1 fully saturated rings. The van der Waals surface area contributed by atoms with Gasteiger partial charge in [-0.25, -0.2) is 0 Å². The van der Waals surface area contributed by atoms with Gasteiger partial charge in [0.05, 0.1) is 0 Å². The first-order chi connectivity index (χ1) is 10.7. The lowest BCUT2D eigenvalue weighted by Gasteiger charge is -2.28. The average molecular weight is 317 g/mol. The second kappa shape index (κ2) is 6.67. The van der Waals surface area contributed by atoms with Crippen LogP contribution in [0.25, 0.3) is 10.8 Å². The molecule has 0 aliphatic heterocycles. The van der Waals surface area contributed by atoms with Gasteiger partial charge in [0.2, 0.25) is 0 Å². The fourth-order valence-electron chi connectivity index (χ4n) is 3.15. The van der Waals surface area contributed by atoms with Crippen LogP contribution in [0, 0.1) is 0 Å². The Labute approximate surface area is 136 Å². The summed E-state index contributed by atoms with van der Waals surface area (Å²) < 4.78 is 0. The highest BCUT2D eigenvalue weighted by molar-refractivity contribution is 6.31. The monoisotopic (exact) mass is 316 g/mol. The molecular weight excluding hydrogens is 296 g/mol. The van der Waals surface area contributed by atoms with Crippen LogP contribution in [0.1, 0.15) is 36.0 Å². The zero-order chi connectivity index (χ0) is 15.5. The number of halogens is 1. The van der Waals surface area contributed by atoms with Crippen molar-refractivity contribution in [2.24, 2.45) is 0 Å². The van der Waals surface area contributed by atoms with Crippen molar-refractivity contribution in [1.29, 1.82) is 0 Å². The van der Waals surface area contributed by atoms with Crippen LogP contribution in [-0.2, 0) is 0 Å². The Hall–Kier alpha value is -1.58. The summed E-state index contributed by atoms with van der Waals surface area (Å²) in [6, 6.07) is 12.4. The minimum absolute atomic E-state index is 0.0183. The minimum Gasteiger partial charge on any atom is -0.349 e. The summed E-state index contributed by atoms with van der Waals surface area (Å²) in [5, 5.41) is 9.28. The predicted molar refractivity (Wildman–Crippen MR) is 91.5 cm³/mol. The highest BCUT2D eigenvalue weighted by Gasteiger charge is 2.21. The summed E-state index contributed by atoms with van der Waals surface area (Å²) in [5.74, 6) is 0.0183. The summed E-state index contributed by atoms with van der Waals surface area (Å²) in [7, 11) is 2.00. The van der Waals surface area contributed by atoms with E-state index in [0.29, 0.717) is 16.6 Å². The molecule has 4 heteroatoms. The fourth-order valence-corrected chi connectivity index (χ4v) is 3.33. The molecule has 0 bridgehead atoms. The summed E-state index contributed by atoms with van der Waals surface area (Å²) in [6.45, 7) is 0. The molecule has 2 aromatic carbocycles. The van der Waals surface area contributed by atoms with Crippen molar-refractivity contribution in [3.63, 3.8) is 0 Å². The molecule has 0 atom stereocenters. The van der Waals surface area contributed by atoms with Gasteiger partial charge in [-0.15, -0.1) is 0 Å². The molecule has 1 aliphatic rings. The van der Waals surface area contributed by atoms with Crippen molar-refractivity contribution in [2.45, 2.75) is 37.8 Å². The van der Waals surface area contributed by atoms with Crippen LogP contribution >= 0.6 is 11.6 Å². The summed E-state index contributed by atoms with van der Waals surface area (Å²) in [6.07, 6.45) is 4.33. The first-order valence-corrected chi connectivity index (χ1v) is 8.21. The second-order valence-corrected chi connectivity index (χ2v) is 6.45. The van der Waals surface area contributed by atoms with Crippen molar-refractivity contribution in [3.05, 3.63) is 47.0 Å². The number of nitrogens with one attached hydrogen (secondary N) is 2. The molecule has 1 saturated carbocycles. The van der Waals surface area contributed by atoms with Crippen molar-refractivity contribution in [1.82, 2.24) is 10.6 Å². The van der Waals surface area contributed by atoms with Gasteiger partial charge in [0.15, 0.2) is 0 Å². The van der Waals surface area contributed by atoms with Crippen molar-refractivity contribution in [2.75, 3.05) is 7.05 Å². The molecule has 0 spiro atoms. The largest absolute Gasteiger partial charge is 0.349 e. The molecule has 3 rings (SSSR count). The zero-order valence-electron chi connectivity index (χ0n) is 12.7. The van der Waals surface area contributed by atoms with E-state index in [1.54, 1.807) is 0 Å². The van der Waals surface area contributed by atoms with Crippen LogP contribution in [0.3, 0.4) is 0 Å². The molecule has 0 heterocycles. The zero-order valence-corrected chi connectivity index (χ0v) is 13.5. The SMILES string of the molecule is CNC1CCC(NC(=O)c2ccc3cc(Cl)ccc3c2)CC1. The Morgan fingerprint density at radius 1 is 1.00 bits per heavy atom. The molecular formula is C18H21ClN2O. The molecule has 1 aliphatic carbocycles. The van der Waals surface area contributed by atoms with E-state index in [0.717, 1.165) is 36.5 Å². The van der Waals surface area contributed by atoms with E-state index < -0.39 is 0 Å². The van der Waals surface area contributed by atoms with Crippen LogP contribution in [0.5, 0.6) is 0 Å². The Morgan fingerprint density at radius 3 is 2.36 bits per heavy atom. The lowest BCUT2D eigenvalue weighted by atomic mass is 9.91. The van der Waals surface area contributed by atoms with Gasteiger partial charge in [-0.2, -0.15) is 0 Å². The Morgan fingerprint density at radius 2 is 1.64 bits per heavy atom.